The number of hydrogen-bond acceptors (Lipinski definition) is 2. The molecule has 1 aromatic rings. The largest absolute Gasteiger partial charge is 0.359 e. The number of carbonyl (C=O) groups excluding carboxylic acids is 1. The van der Waals surface area contributed by atoms with E-state index in [0.717, 1.165) is 18.8 Å². The first kappa shape index (κ1) is 11.4. The minimum Gasteiger partial charge on any atom is -0.359 e. The highest BCUT2D eigenvalue weighted by atomic mass is 16.1. The molecule has 1 aliphatic heterocycles. The zero-order valence-corrected chi connectivity index (χ0v) is 10.1. The fraction of sp³-hybridized carbons (Fsp3) is 0.615. The Morgan fingerprint density at radius 2 is 2.38 bits per heavy atom. The number of rotatable bonds is 3. The van der Waals surface area contributed by atoms with Gasteiger partial charge in [0.05, 0.1) is 12.2 Å². The van der Waals surface area contributed by atoms with Gasteiger partial charge >= 0.3 is 0 Å². The van der Waals surface area contributed by atoms with Gasteiger partial charge in [0.1, 0.15) is 0 Å². The molecule has 1 fully saturated rings. The average Bonchev–Trinajstić information content (AvgIpc) is 2.68. The van der Waals surface area contributed by atoms with Gasteiger partial charge in [0.15, 0.2) is 5.78 Å². The summed E-state index contributed by atoms with van der Waals surface area (Å²) < 4.78 is 0. The molecule has 0 atom stereocenters. The smallest absolute Gasteiger partial charge is 0.192 e. The van der Waals surface area contributed by atoms with Crippen LogP contribution >= 0.6 is 0 Å². The lowest BCUT2D eigenvalue weighted by molar-refractivity contribution is 0.0806. The molecule has 3 heteroatoms. The fourth-order valence-corrected chi connectivity index (χ4v) is 2.47. The van der Waals surface area contributed by atoms with Gasteiger partial charge in [-0.15, -0.1) is 0 Å². The number of aromatic amines is 1. The molecular weight excluding hydrogens is 200 g/mol. The van der Waals surface area contributed by atoms with Gasteiger partial charge in [-0.25, -0.2) is 0 Å². The molecule has 0 saturated carbocycles. The highest BCUT2D eigenvalue weighted by Crippen LogP contribution is 2.28. The molecule has 2 heterocycles. The third-order valence-electron chi connectivity index (χ3n) is 3.25. The van der Waals surface area contributed by atoms with E-state index in [0.29, 0.717) is 12.0 Å². The van der Waals surface area contributed by atoms with E-state index in [-0.39, 0.29) is 5.78 Å². The van der Waals surface area contributed by atoms with E-state index in [1.165, 1.54) is 12.8 Å². The molecule has 1 aliphatic rings. The molecule has 16 heavy (non-hydrogen) atoms. The normalized spacial score (nSPS) is 20.9. The minimum atomic E-state index is 0.197. The number of ketones is 1. The molecule has 1 aromatic heterocycles. The van der Waals surface area contributed by atoms with Gasteiger partial charge in [0, 0.05) is 12.7 Å². The standard InChI is InChI=1S/C13H20N2O/c1-13(2)6-4-8-15(10-13)9-12(16)11-5-3-7-14-11/h3,5,7,14H,4,6,8-10H2,1-2H3. The maximum Gasteiger partial charge on any atom is 0.192 e. The number of hydrogen-bond donors (Lipinski definition) is 1. The van der Waals surface area contributed by atoms with Gasteiger partial charge in [-0.3, -0.25) is 9.69 Å². The van der Waals surface area contributed by atoms with Gasteiger partial charge in [-0.1, -0.05) is 13.8 Å². The van der Waals surface area contributed by atoms with Gasteiger partial charge in [0.25, 0.3) is 0 Å². The van der Waals surface area contributed by atoms with Gasteiger partial charge in [0.2, 0.25) is 0 Å². The van der Waals surface area contributed by atoms with Crippen molar-refractivity contribution in [2.75, 3.05) is 19.6 Å². The summed E-state index contributed by atoms with van der Waals surface area (Å²) in [5.41, 5.74) is 1.08. The predicted molar refractivity (Wildman–Crippen MR) is 64.6 cm³/mol. The third-order valence-corrected chi connectivity index (χ3v) is 3.25. The topological polar surface area (TPSA) is 36.1 Å². The molecule has 1 saturated heterocycles. The lowest BCUT2D eigenvalue weighted by Crippen LogP contribution is -2.42. The Morgan fingerprint density at radius 1 is 1.56 bits per heavy atom. The van der Waals surface area contributed by atoms with E-state index in [4.69, 9.17) is 0 Å². The van der Waals surface area contributed by atoms with E-state index < -0.39 is 0 Å². The molecule has 0 spiro atoms. The predicted octanol–water partition coefficient (Wildman–Crippen LogP) is 2.32. The number of H-pyrrole nitrogens is 1. The second-order valence-electron chi connectivity index (χ2n) is 5.49. The monoisotopic (exact) mass is 220 g/mol. The number of nitrogens with one attached hydrogen (secondary N) is 1. The highest BCUT2D eigenvalue weighted by molar-refractivity contribution is 5.95. The summed E-state index contributed by atoms with van der Waals surface area (Å²) in [5.74, 6) is 0.197. The number of nitrogens with zero attached hydrogens (tertiary/aromatic N) is 1. The molecule has 88 valence electrons. The maximum absolute atomic E-state index is 11.9. The Hall–Kier alpha value is -1.09. The zero-order valence-electron chi connectivity index (χ0n) is 10.1. The van der Waals surface area contributed by atoms with Crippen molar-refractivity contribution < 1.29 is 4.79 Å². The molecule has 0 amide bonds. The average molecular weight is 220 g/mol. The SMILES string of the molecule is CC1(C)CCCN(CC(=O)c2ccc[nH]2)C1. The van der Waals surface area contributed by atoms with Crippen molar-refractivity contribution in [1.29, 1.82) is 0 Å². The second-order valence-corrected chi connectivity index (χ2v) is 5.49. The fourth-order valence-electron chi connectivity index (χ4n) is 2.47. The van der Waals surface area contributed by atoms with E-state index in [1.807, 2.05) is 12.1 Å². The molecule has 2 rings (SSSR count). The number of likely N-dealkylation sites (tertiary alicyclic amines) is 1. The Balaban J connectivity index is 1.92. The van der Waals surface area contributed by atoms with Gasteiger partial charge in [-0.05, 0) is 36.9 Å². The van der Waals surface area contributed by atoms with Crippen molar-refractivity contribution in [2.24, 2.45) is 5.41 Å². The van der Waals surface area contributed by atoms with Crippen LogP contribution in [0.25, 0.3) is 0 Å². The van der Waals surface area contributed by atoms with Crippen LogP contribution in [-0.4, -0.2) is 35.3 Å². The molecule has 0 bridgehead atoms. The van der Waals surface area contributed by atoms with E-state index >= 15 is 0 Å². The van der Waals surface area contributed by atoms with Crippen LogP contribution in [0.15, 0.2) is 18.3 Å². The Bertz CT molecular complexity index is 354. The molecule has 1 N–H and O–H groups in total. The van der Waals surface area contributed by atoms with Crippen molar-refractivity contribution in [3.05, 3.63) is 24.0 Å². The molecule has 3 nitrogen and oxygen atoms in total. The summed E-state index contributed by atoms with van der Waals surface area (Å²) >= 11 is 0. The van der Waals surface area contributed by atoms with Crippen molar-refractivity contribution >= 4 is 5.78 Å². The van der Waals surface area contributed by atoms with Crippen LogP contribution in [-0.2, 0) is 0 Å². The summed E-state index contributed by atoms with van der Waals surface area (Å²) in [6.07, 6.45) is 4.26. The number of piperidine rings is 1. The summed E-state index contributed by atoms with van der Waals surface area (Å²) in [6.45, 7) is 7.18. The van der Waals surface area contributed by atoms with E-state index in [2.05, 4.69) is 23.7 Å². The number of carbonyl (C=O) groups is 1. The lowest BCUT2D eigenvalue weighted by atomic mass is 9.84. The Morgan fingerprint density at radius 3 is 3.00 bits per heavy atom. The first-order valence-corrected chi connectivity index (χ1v) is 5.96. The Labute approximate surface area is 96.8 Å². The first-order chi connectivity index (χ1) is 7.57. The summed E-state index contributed by atoms with van der Waals surface area (Å²) in [4.78, 5) is 17.2. The lowest BCUT2D eigenvalue weighted by Gasteiger charge is -2.37. The van der Waals surface area contributed by atoms with Crippen LogP contribution in [0.2, 0.25) is 0 Å². The van der Waals surface area contributed by atoms with Crippen molar-refractivity contribution in [1.82, 2.24) is 9.88 Å². The molecule has 0 unspecified atom stereocenters. The second kappa shape index (κ2) is 4.42. The molecular formula is C13H20N2O. The third kappa shape index (κ3) is 2.73. The van der Waals surface area contributed by atoms with Gasteiger partial charge < -0.3 is 4.98 Å². The van der Waals surface area contributed by atoms with Crippen molar-refractivity contribution in [3.63, 3.8) is 0 Å². The van der Waals surface area contributed by atoms with Gasteiger partial charge in [-0.2, -0.15) is 0 Å². The van der Waals surface area contributed by atoms with Crippen LogP contribution in [0.4, 0.5) is 0 Å². The van der Waals surface area contributed by atoms with E-state index in [1.54, 1.807) is 6.20 Å². The maximum atomic E-state index is 11.9. The first-order valence-electron chi connectivity index (χ1n) is 5.96. The molecule has 0 aliphatic carbocycles. The Kier molecular flexibility index (Phi) is 3.15. The molecule has 0 radical (unpaired) electrons. The van der Waals surface area contributed by atoms with Crippen LogP contribution in [0.5, 0.6) is 0 Å². The van der Waals surface area contributed by atoms with Crippen molar-refractivity contribution in [3.8, 4) is 0 Å². The highest BCUT2D eigenvalue weighted by Gasteiger charge is 2.27. The van der Waals surface area contributed by atoms with Crippen LogP contribution in [0, 0.1) is 5.41 Å². The number of Topliss-reactive ketones (excluding diaryl/α,β-unsaturated/α-hetero) is 1. The van der Waals surface area contributed by atoms with Crippen LogP contribution in [0.3, 0.4) is 0 Å². The van der Waals surface area contributed by atoms with Crippen molar-refractivity contribution in [2.45, 2.75) is 26.7 Å². The van der Waals surface area contributed by atoms with Crippen LogP contribution in [0.1, 0.15) is 37.2 Å². The molecule has 0 aromatic carbocycles. The van der Waals surface area contributed by atoms with Crippen LogP contribution < -0.4 is 0 Å². The summed E-state index contributed by atoms with van der Waals surface area (Å²) in [7, 11) is 0. The minimum absolute atomic E-state index is 0.197. The number of aromatic nitrogens is 1. The quantitative estimate of drug-likeness (QED) is 0.794. The summed E-state index contributed by atoms with van der Waals surface area (Å²) in [5, 5.41) is 0. The zero-order chi connectivity index (χ0) is 11.6. The summed E-state index contributed by atoms with van der Waals surface area (Å²) in [6, 6.07) is 3.71. The van der Waals surface area contributed by atoms with E-state index in [9.17, 15) is 4.79 Å².